The fraction of sp³-hybridized carbons (Fsp3) is 0.579. The molecule has 122 valence electrons. The van der Waals surface area contributed by atoms with Crippen LogP contribution >= 0.6 is 0 Å². The Labute approximate surface area is 135 Å². The first-order valence-electron chi connectivity index (χ1n) is 8.23. The molecule has 1 aliphatic heterocycles. The third-order valence-corrected chi connectivity index (χ3v) is 3.82. The third-order valence-electron chi connectivity index (χ3n) is 3.82. The van der Waals surface area contributed by atoms with Crippen molar-refractivity contribution in [1.82, 2.24) is 10.2 Å². The van der Waals surface area contributed by atoms with E-state index in [0.29, 0.717) is 6.04 Å². The molecule has 0 bridgehead atoms. The molecular weight excluding hydrogens is 272 g/mol. The number of benzene rings is 1. The molecule has 3 nitrogen and oxygen atoms in total. The van der Waals surface area contributed by atoms with Crippen LogP contribution in [0.1, 0.15) is 45.7 Å². The van der Waals surface area contributed by atoms with Crippen LogP contribution in [0.15, 0.2) is 36.4 Å². The molecule has 1 heterocycles. The molecule has 22 heavy (non-hydrogen) atoms. The van der Waals surface area contributed by atoms with Gasteiger partial charge in [-0.3, -0.25) is 4.90 Å². The molecule has 1 aliphatic rings. The molecule has 0 unspecified atom stereocenters. The standard InChI is InChI=1S/C19H30N2O/c1-15(2)14-18(21-12-10-20-11-13-21)16-6-8-17(9-7-16)22-19(3,4)5/h6-9,18,20H,1,10-14H2,2-5H3/t18-/m1/s1. The fourth-order valence-corrected chi connectivity index (χ4v) is 2.89. The van der Waals surface area contributed by atoms with Gasteiger partial charge in [-0.1, -0.05) is 17.7 Å². The van der Waals surface area contributed by atoms with Crippen LogP contribution in [-0.2, 0) is 0 Å². The lowest BCUT2D eigenvalue weighted by Crippen LogP contribution is -2.45. The largest absolute Gasteiger partial charge is 0.488 e. The van der Waals surface area contributed by atoms with Crippen molar-refractivity contribution in [3.8, 4) is 5.75 Å². The van der Waals surface area contributed by atoms with E-state index in [-0.39, 0.29) is 5.60 Å². The molecular formula is C19H30N2O. The first-order valence-corrected chi connectivity index (χ1v) is 8.23. The average Bonchev–Trinajstić information content (AvgIpc) is 2.45. The predicted octanol–water partition coefficient (Wildman–Crippen LogP) is 3.78. The Hall–Kier alpha value is -1.32. The lowest BCUT2D eigenvalue weighted by atomic mass is 9.98. The van der Waals surface area contributed by atoms with Gasteiger partial charge in [0.05, 0.1) is 0 Å². The van der Waals surface area contributed by atoms with Gasteiger partial charge in [0.2, 0.25) is 0 Å². The number of nitrogens with zero attached hydrogens (tertiary/aromatic N) is 1. The normalized spacial score (nSPS) is 18.0. The number of piperazine rings is 1. The number of nitrogens with one attached hydrogen (secondary N) is 1. The molecule has 0 radical (unpaired) electrons. The molecule has 1 N–H and O–H groups in total. The maximum atomic E-state index is 5.92. The lowest BCUT2D eigenvalue weighted by molar-refractivity contribution is 0.130. The summed E-state index contributed by atoms with van der Waals surface area (Å²) < 4.78 is 5.92. The van der Waals surface area contributed by atoms with Crippen LogP contribution in [0.3, 0.4) is 0 Å². The maximum Gasteiger partial charge on any atom is 0.120 e. The van der Waals surface area contributed by atoms with E-state index in [2.05, 4.69) is 68.8 Å². The van der Waals surface area contributed by atoms with Crippen LogP contribution in [0.5, 0.6) is 5.75 Å². The van der Waals surface area contributed by atoms with Crippen molar-refractivity contribution in [2.45, 2.75) is 45.8 Å². The van der Waals surface area contributed by atoms with Crippen molar-refractivity contribution in [3.05, 3.63) is 42.0 Å². The molecule has 0 spiro atoms. The smallest absolute Gasteiger partial charge is 0.120 e. The molecule has 2 rings (SSSR count). The van der Waals surface area contributed by atoms with Crippen LogP contribution in [0.4, 0.5) is 0 Å². The minimum absolute atomic E-state index is 0.156. The summed E-state index contributed by atoms with van der Waals surface area (Å²) in [5.74, 6) is 0.936. The topological polar surface area (TPSA) is 24.5 Å². The Morgan fingerprint density at radius 2 is 1.82 bits per heavy atom. The van der Waals surface area contributed by atoms with Gasteiger partial charge in [-0.25, -0.2) is 0 Å². The van der Waals surface area contributed by atoms with Gasteiger partial charge in [0.15, 0.2) is 0 Å². The number of hydrogen-bond donors (Lipinski definition) is 1. The van der Waals surface area contributed by atoms with Gasteiger partial charge in [0.1, 0.15) is 11.4 Å². The molecule has 0 amide bonds. The summed E-state index contributed by atoms with van der Waals surface area (Å²) in [5, 5.41) is 3.43. The minimum Gasteiger partial charge on any atom is -0.488 e. The molecule has 0 saturated carbocycles. The summed E-state index contributed by atoms with van der Waals surface area (Å²) in [7, 11) is 0. The van der Waals surface area contributed by atoms with Crippen LogP contribution in [0.25, 0.3) is 0 Å². The highest BCUT2D eigenvalue weighted by molar-refractivity contribution is 5.30. The highest BCUT2D eigenvalue weighted by Gasteiger charge is 2.22. The second kappa shape index (κ2) is 7.30. The number of ether oxygens (including phenoxy) is 1. The van der Waals surface area contributed by atoms with Gasteiger partial charge in [0, 0.05) is 32.2 Å². The monoisotopic (exact) mass is 302 g/mol. The summed E-state index contributed by atoms with van der Waals surface area (Å²) in [6.45, 7) is 16.8. The van der Waals surface area contributed by atoms with Crippen LogP contribution in [0, 0.1) is 0 Å². The van der Waals surface area contributed by atoms with E-state index in [1.54, 1.807) is 0 Å². The predicted molar refractivity (Wildman–Crippen MR) is 93.4 cm³/mol. The molecule has 1 atom stereocenters. The van der Waals surface area contributed by atoms with Crippen molar-refractivity contribution >= 4 is 0 Å². The molecule has 1 fully saturated rings. The Morgan fingerprint density at radius 3 is 2.32 bits per heavy atom. The van der Waals surface area contributed by atoms with E-state index >= 15 is 0 Å². The van der Waals surface area contributed by atoms with Gasteiger partial charge < -0.3 is 10.1 Å². The van der Waals surface area contributed by atoms with Crippen molar-refractivity contribution < 1.29 is 4.74 Å². The Bertz CT molecular complexity index is 481. The van der Waals surface area contributed by atoms with Gasteiger partial charge in [-0.15, -0.1) is 6.58 Å². The van der Waals surface area contributed by atoms with Crippen molar-refractivity contribution in [2.24, 2.45) is 0 Å². The Kier molecular flexibility index (Phi) is 5.65. The first kappa shape index (κ1) is 17.0. The lowest BCUT2D eigenvalue weighted by Gasteiger charge is -2.35. The van der Waals surface area contributed by atoms with Crippen LogP contribution < -0.4 is 10.1 Å². The van der Waals surface area contributed by atoms with Gasteiger partial charge in [0.25, 0.3) is 0 Å². The van der Waals surface area contributed by atoms with E-state index in [9.17, 15) is 0 Å². The number of rotatable bonds is 5. The SMILES string of the molecule is C=C(C)C[C@H](c1ccc(OC(C)(C)C)cc1)N1CCNCC1. The summed E-state index contributed by atoms with van der Waals surface area (Å²) in [4.78, 5) is 2.56. The van der Waals surface area contributed by atoms with Crippen molar-refractivity contribution in [1.29, 1.82) is 0 Å². The first-order chi connectivity index (χ1) is 10.3. The minimum atomic E-state index is -0.156. The van der Waals surface area contributed by atoms with E-state index < -0.39 is 0 Å². The van der Waals surface area contributed by atoms with Gasteiger partial charge in [-0.05, 0) is 51.8 Å². The Balaban J connectivity index is 2.14. The van der Waals surface area contributed by atoms with Gasteiger partial charge in [-0.2, -0.15) is 0 Å². The van der Waals surface area contributed by atoms with E-state index in [0.717, 1.165) is 38.3 Å². The maximum absolute atomic E-state index is 5.92. The zero-order valence-corrected chi connectivity index (χ0v) is 14.5. The molecule has 1 aromatic rings. The summed E-state index contributed by atoms with van der Waals surface area (Å²) >= 11 is 0. The second-order valence-corrected chi connectivity index (χ2v) is 7.25. The van der Waals surface area contributed by atoms with Crippen LogP contribution in [0.2, 0.25) is 0 Å². The second-order valence-electron chi connectivity index (χ2n) is 7.25. The third kappa shape index (κ3) is 5.15. The van der Waals surface area contributed by atoms with Crippen molar-refractivity contribution in [3.63, 3.8) is 0 Å². The quantitative estimate of drug-likeness (QED) is 0.838. The summed E-state index contributed by atoms with van der Waals surface area (Å²) in [6.07, 6.45) is 1.01. The molecule has 0 aliphatic carbocycles. The van der Waals surface area contributed by atoms with E-state index in [1.165, 1.54) is 11.1 Å². The summed E-state index contributed by atoms with van der Waals surface area (Å²) in [6, 6.07) is 9.01. The Morgan fingerprint density at radius 1 is 1.23 bits per heavy atom. The molecule has 1 saturated heterocycles. The number of hydrogen-bond acceptors (Lipinski definition) is 3. The molecule has 3 heteroatoms. The van der Waals surface area contributed by atoms with Gasteiger partial charge >= 0.3 is 0 Å². The van der Waals surface area contributed by atoms with E-state index in [4.69, 9.17) is 4.74 Å². The molecule has 1 aromatic carbocycles. The fourth-order valence-electron chi connectivity index (χ4n) is 2.89. The average molecular weight is 302 g/mol. The highest BCUT2D eigenvalue weighted by Crippen LogP contribution is 2.29. The van der Waals surface area contributed by atoms with E-state index in [1.807, 2.05) is 0 Å². The highest BCUT2D eigenvalue weighted by atomic mass is 16.5. The van der Waals surface area contributed by atoms with Crippen molar-refractivity contribution in [2.75, 3.05) is 26.2 Å². The summed E-state index contributed by atoms with van der Waals surface area (Å²) in [5.41, 5.74) is 2.43. The molecule has 0 aromatic heterocycles. The van der Waals surface area contributed by atoms with Crippen LogP contribution in [-0.4, -0.2) is 36.7 Å². The zero-order chi connectivity index (χ0) is 16.2. The zero-order valence-electron chi connectivity index (χ0n) is 14.5.